The number of rotatable bonds is 3. The Kier molecular flexibility index (Phi) is 4.66. The van der Waals surface area contributed by atoms with Crippen molar-refractivity contribution in [2.45, 2.75) is 32.7 Å². The average molecular weight is 299 g/mol. The minimum Gasteiger partial charge on any atom is -0.350 e. The van der Waals surface area contributed by atoms with Crippen molar-refractivity contribution in [1.82, 2.24) is 10.6 Å². The number of benzene rings is 1. The topological polar surface area (TPSA) is 41.1 Å². The van der Waals surface area contributed by atoms with E-state index in [1.807, 2.05) is 0 Å². The number of amides is 1. The monoisotopic (exact) mass is 298 g/mol. The Bertz CT molecular complexity index is 505. The predicted molar refractivity (Wildman–Crippen MR) is 78.5 cm³/mol. The number of carbonyl (C=O) groups is 1. The minimum absolute atomic E-state index is 0.0306. The molecule has 1 aromatic rings. The summed E-state index contributed by atoms with van der Waals surface area (Å²) in [5, 5.41) is 6.50. The summed E-state index contributed by atoms with van der Waals surface area (Å²) in [5.74, 6) is -0.992. The van der Waals surface area contributed by atoms with Crippen molar-refractivity contribution in [2.24, 2.45) is 5.41 Å². The number of hydrogen-bond acceptors (Lipinski definition) is 2. The lowest BCUT2D eigenvalue weighted by molar-refractivity contribution is 0.0925. The Morgan fingerprint density at radius 3 is 2.95 bits per heavy atom. The lowest BCUT2D eigenvalue weighted by atomic mass is 9.77. The summed E-state index contributed by atoms with van der Waals surface area (Å²) < 4.78 is 13.7. The lowest BCUT2D eigenvalue weighted by Crippen LogP contribution is -2.52. The summed E-state index contributed by atoms with van der Waals surface area (Å²) in [6, 6.07) is 4.28. The summed E-state index contributed by atoms with van der Waals surface area (Å²) in [6.07, 6.45) is 2.26. The number of halogens is 2. The molecule has 1 fully saturated rings. The van der Waals surface area contributed by atoms with E-state index in [1.54, 1.807) is 0 Å². The maximum Gasteiger partial charge on any atom is 0.254 e. The molecule has 110 valence electrons. The molecule has 1 atom stereocenters. The van der Waals surface area contributed by atoms with Gasteiger partial charge in [-0.1, -0.05) is 25.4 Å². The number of piperidine rings is 1. The van der Waals surface area contributed by atoms with E-state index >= 15 is 0 Å². The van der Waals surface area contributed by atoms with Gasteiger partial charge in [-0.3, -0.25) is 4.79 Å². The smallest absolute Gasteiger partial charge is 0.254 e. The third kappa shape index (κ3) is 3.49. The molecule has 1 saturated heterocycles. The molecule has 0 radical (unpaired) electrons. The van der Waals surface area contributed by atoms with Crippen LogP contribution in [0.4, 0.5) is 4.39 Å². The molecular weight excluding hydrogens is 279 g/mol. The van der Waals surface area contributed by atoms with Crippen LogP contribution in [0.2, 0.25) is 5.02 Å². The van der Waals surface area contributed by atoms with Gasteiger partial charge < -0.3 is 10.6 Å². The van der Waals surface area contributed by atoms with Crippen molar-refractivity contribution < 1.29 is 9.18 Å². The molecule has 0 spiro atoms. The summed E-state index contributed by atoms with van der Waals surface area (Å²) in [7, 11) is 0. The Morgan fingerprint density at radius 1 is 1.55 bits per heavy atom. The second-order valence-electron chi connectivity index (χ2n) is 5.93. The van der Waals surface area contributed by atoms with Gasteiger partial charge in [0.2, 0.25) is 0 Å². The molecule has 1 amide bonds. The number of carbonyl (C=O) groups excluding carboxylic acids is 1. The first kappa shape index (κ1) is 15.3. The van der Waals surface area contributed by atoms with Crippen molar-refractivity contribution in [3.05, 3.63) is 34.6 Å². The fourth-order valence-electron chi connectivity index (χ4n) is 2.58. The molecule has 1 heterocycles. The molecule has 1 aliphatic rings. The first-order valence-electron chi connectivity index (χ1n) is 6.87. The van der Waals surface area contributed by atoms with Gasteiger partial charge >= 0.3 is 0 Å². The van der Waals surface area contributed by atoms with Gasteiger partial charge in [-0.2, -0.15) is 0 Å². The van der Waals surface area contributed by atoms with E-state index in [2.05, 4.69) is 24.5 Å². The van der Waals surface area contributed by atoms with Gasteiger partial charge in [0.15, 0.2) is 0 Å². The zero-order chi connectivity index (χ0) is 14.8. The number of nitrogens with one attached hydrogen (secondary N) is 2. The third-order valence-corrected chi connectivity index (χ3v) is 4.21. The highest BCUT2D eigenvalue weighted by atomic mass is 35.5. The Balaban J connectivity index is 1.98. The summed E-state index contributed by atoms with van der Waals surface area (Å²) in [4.78, 5) is 12.0. The van der Waals surface area contributed by atoms with Gasteiger partial charge in [0.1, 0.15) is 5.82 Å². The molecule has 0 bridgehead atoms. The Morgan fingerprint density at radius 2 is 2.30 bits per heavy atom. The Hall–Kier alpha value is -1.13. The maximum absolute atomic E-state index is 13.7. The molecule has 0 saturated carbocycles. The highest BCUT2D eigenvalue weighted by Gasteiger charge is 2.32. The molecule has 5 heteroatoms. The molecule has 0 aromatic heterocycles. The summed E-state index contributed by atoms with van der Waals surface area (Å²) >= 11 is 5.68. The second-order valence-corrected chi connectivity index (χ2v) is 6.37. The van der Waals surface area contributed by atoms with Crippen LogP contribution < -0.4 is 10.6 Å². The van der Waals surface area contributed by atoms with Crippen molar-refractivity contribution in [3.8, 4) is 0 Å². The first-order valence-corrected chi connectivity index (χ1v) is 7.24. The van der Waals surface area contributed by atoms with E-state index in [4.69, 9.17) is 11.6 Å². The van der Waals surface area contributed by atoms with E-state index < -0.39 is 11.7 Å². The molecule has 20 heavy (non-hydrogen) atoms. The molecule has 1 aliphatic heterocycles. The average Bonchev–Trinajstić information content (AvgIpc) is 2.36. The van der Waals surface area contributed by atoms with Crippen molar-refractivity contribution in [1.29, 1.82) is 0 Å². The summed E-state index contributed by atoms with van der Waals surface area (Å²) in [6.45, 7) is 5.81. The van der Waals surface area contributed by atoms with Crippen LogP contribution in [0.15, 0.2) is 18.2 Å². The molecule has 2 rings (SSSR count). The van der Waals surface area contributed by atoms with Gasteiger partial charge in [0, 0.05) is 17.6 Å². The van der Waals surface area contributed by atoms with Gasteiger partial charge in [0.05, 0.1) is 5.56 Å². The molecular formula is C15H20ClFN2O. The summed E-state index contributed by atoms with van der Waals surface area (Å²) in [5.41, 5.74) is 0.160. The fourth-order valence-corrected chi connectivity index (χ4v) is 2.74. The van der Waals surface area contributed by atoms with Gasteiger partial charge in [-0.15, -0.1) is 0 Å². The first-order chi connectivity index (χ1) is 9.40. The van der Waals surface area contributed by atoms with Crippen LogP contribution in [-0.2, 0) is 0 Å². The van der Waals surface area contributed by atoms with Crippen LogP contribution in [0.3, 0.4) is 0 Å². The highest BCUT2D eigenvalue weighted by molar-refractivity contribution is 6.30. The Labute approximate surface area is 123 Å². The largest absolute Gasteiger partial charge is 0.350 e. The predicted octanol–water partition coefficient (Wildman–Crippen LogP) is 2.99. The van der Waals surface area contributed by atoms with E-state index in [0.29, 0.717) is 6.54 Å². The van der Waals surface area contributed by atoms with Crippen LogP contribution in [0.5, 0.6) is 0 Å². The molecule has 3 nitrogen and oxygen atoms in total. The third-order valence-electron chi connectivity index (χ3n) is 3.97. The fraction of sp³-hybridized carbons (Fsp3) is 0.533. The van der Waals surface area contributed by atoms with E-state index in [0.717, 1.165) is 25.5 Å². The van der Waals surface area contributed by atoms with E-state index in [-0.39, 0.29) is 22.0 Å². The van der Waals surface area contributed by atoms with Gasteiger partial charge in [0.25, 0.3) is 5.91 Å². The number of hydrogen-bond donors (Lipinski definition) is 2. The standard InChI is InChI=1S/C15H20ClFN2O/c1-15(2)6-3-7-18-13(15)9-19-14(20)11-5-4-10(16)8-12(11)17/h4-5,8,13,18H,3,6-7,9H2,1-2H3,(H,19,20). The van der Waals surface area contributed by atoms with Crippen LogP contribution in [0.1, 0.15) is 37.0 Å². The molecule has 2 N–H and O–H groups in total. The van der Waals surface area contributed by atoms with E-state index in [9.17, 15) is 9.18 Å². The molecule has 0 aliphatic carbocycles. The van der Waals surface area contributed by atoms with Crippen molar-refractivity contribution in [3.63, 3.8) is 0 Å². The second kappa shape index (κ2) is 6.10. The van der Waals surface area contributed by atoms with Crippen LogP contribution >= 0.6 is 11.6 Å². The quantitative estimate of drug-likeness (QED) is 0.901. The normalized spacial score (nSPS) is 21.5. The van der Waals surface area contributed by atoms with Crippen LogP contribution in [0, 0.1) is 11.2 Å². The van der Waals surface area contributed by atoms with Crippen LogP contribution in [0.25, 0.3) is 0 Å². The zero-order valence-corrected chi connectivity index (χ0v) is 12.6. The van der Waals surface area contributed by atoms with Crippen molar-refractivity contribution >= 4 is 17.5 Å². The zero-order valence-electron chi connectivity index (χ0n) is 11.8. The minimum atomic E-state index is -0.592. The van der Waals surface area contributed by atoms with Gasteiger partial charge in [-0.25, -0.2) is 4.39 Å². The van der Waals surface area contributed by atoms with Crippen molar-refractivity contribution in [2.75, 3.05) is 13.1 Å². The lowest BCUT2D eigenvalue weighted by Gasteiger charge is -2.39. The van der Waals surface area contributed by atoms with Crippen LogP contribution in [-0.4, -0.2) is 25.0 Å². The van der Waals surface area contributed by atoms with E-state index in [1.165, 1.54) is 12.1 Å². The highest BCUT2D eigenvalue weighted by Crippen LogP contribution is 2.29. The molecule has 1 unspecified atom stereocenters. The SMILES string of the molecule is CC1(C)CCCNC1CNC(=O)c1ccc(Cl)cc1F. The molecule has 1 aromatic carbocycles. The van der Waals surface area contributed by atoms with Gasteiger partial charge in [-0.05, 0) is 43.0 Å². The maximum atomic E-state index is 13.7.